The lowest BCUT2D eigenvalue weighted by Crippen LogP contribution is -2.46. The van der Waals surface area contributed by atoms with Gasteiger partial charge in [-0.3, -0.25) is 0 Å². The molecule has 1 aromatic carbocycles. The second kappa shape index (κ2) is 16.8. The van der Waals surface area contributed by atoms with E-state index in [-0.39, 0.29) is 0 Å². The minimum atomic E-state index is -2.54. The summed E-state index contributed by atoms with van der Waals surface area (Å²) in [5, 5.41) is 0. The first-order valence-electron chi connectivity index (χ1n) is 13.8. The van der Waals surface area contributed by atoms with Crippen LogP contribution in [0.1, 0.15) is 109 Å². The average Bonchev–Trinajstić information content (AvgIpc) is 2.83. The zero-order valence-corrected chi connectivity index (χ0v) is 22.9. The molecular weight excluding hydrogens is 428 g/mol. The van der Waals surface area contributed by atoms with Crippen molar-refractivity contribution in [1.29, 1.82) is 0 Å². The Morgan fingerprint density at radius 3 is 1.91 bits per heavy atom. The summed E-state index contributed by atoms with van der Waals surface area (Å²) in [6.07, 6.45) is 14.1. The fraction of sp³-hybridized carbons (Fsp3) is 0.786. The SMILES string of the molecule is CCCCCCCc1ccc(C2CCC(OCCC[Si](OCC)(OCC)OCC)CC2)cc1. The molecule has 0 amide bonds. The molecule has 1 saturated carbocycles. The van der Waals surface area contributed by atoms with Crippen LogP contribution in [0.3, 0.4) is 0 Å². The van der Waals surface area contributed by atoms with E-state index in [1.165, 1.54) is 62.5 Å². The molecule has 2 rings (SSSR count). The Hall–Kier alpha value is -0.723. The molecule has 1 aromatic rings. The molecule has 0 saturated heterocycles. The van der Waals surface area contributed by atoms with E-state index in [1.54, 1.807) is 0 Å². The van der Waals surface area contributed by atoms with Crippen LogP contribution in [0.5, 0.6) is 0 Å². The molecule has 0 bridgehead atoms. The van der Waals surface area contributed by atoms with Gasteiger partial charge in [0, 0.05) is 32.5 Å². The Kier molecular flexibility index (Phi) is 14.5. The van der Waals surface area contributed by atoms with E-state index in [0.29, 0.717) is 31.8 Å². The molecular formula is C28H50O4Si. The van der Waals surface area contributed by atoms with Crippen molar-refractivity contribution in [3.05, 3.63) is 35.4 Å². The minimum Gasteiger partial charge on any atom is -0.378 e. The highest BCUT2D eigenvalue weighted by Gasteiger charge is 2.39. The van der Waals surface area contributed by atoms with Gasteiger partial charge in [-0.15, -0.1) is 0 Å². The summed E-state index contributed by atoms with van der Waals surface area (Å²) in [6, 6.07) is 10.3. The van der Waals surface area contributed by atoms with Gasteiger partial charge < -0.3 is 18.0 Å². The molecule has 0 N–H and O–H groups in total. The molecule has 0 aliphatic heterocycles. The van der Waals surface area contributed by atoms with Crippen LogP contribution >= 0.6 is 0 Å². The maximum Gasteiger partial charge on any atom is 0.501 e. The summed E-state index contributed by atoms with van der Waals surface area (Å²) < 4.78 is 24.1. The van der Waals surface area contributed by atoms with Crippen molar-refractivity contribution in [3.63, 3.8) is 0 Å². The van der Waals surface area contributed by atoms with Crippen LogP contribution in [0, 0.1) is 0 Å². The molecule has 0 atom stereocenters. The first kappa shape index (κ1) is 28.5. The molecule has 1 aliphatic carbocycles. The standard InChI is InChI=1S/C28H50O4Si/c1-5-9-10-11-12-14-25-15-17-26(18-16-25)27-19-21-28(22-20-27)29-23-13-24-33(30-6-2,31-7-3)32-8-4/h15-18,27-28H,5-14,19-24H2,1-4H3. The number of aryl methyl sites for hydroxylation is 1. The molecule has 1 aliphatic rings. The average molecular weight is 479 g/mol. The maximum absolute atomic E-state index is 6.24. The predicted molar refractivity (Wildman–Crippen MR) is 140 cm³/mol. The van der Waals surface area contributed by atoms with Gasteiger partial charge in [-0.25, -0.2) is 0 Å². The highest BCUT2D eigenvalue weighted by Crippen LogP contribution is 2.34. The third-order valence-corrected chi connectivity index (χ3v) is 9.92. The largest absolute Gasteiger partial charge is 0.501 e. The van der Waals surface area contributed by atoms with E-state index in [9.17, 15) is 0 Å². The quantitative estimate of drug-likeness (QED) is 0.160. The van der Waals surface area contributed by atoms with E-state index < -0.39 is 8.80 Å². The van der Waals surface area contributed by atoms with Crippen LogP contribution < -0.4 is 0 Å². The lowest BCUT2D eigenvalue weighted by atomic mass is 9.82. The van der Waals surface area contributed by atoms with Crippen molar-refractivity contribution in [2.24, 2.45) is 0 Å². The first-order valence-corrected chi connectivity index (χ1v) is 15.7. The Morgan fingerprint density at radius 2 is 1.33 bits per heavy atom. The number of hydrogen-bond acceptors (Lipinski definition) is 4. The van der Waals surface area contributed by atoms with Gasteiger partial charge in [0.1, 0.15) is 0 Å². The number of hydrogen-bond donors (Lipinski definition) is 0. The van der Waals surface area contributed by atoms with E-state index in [0.717, 1.165) is 31.9 Å². The van der Waals surface area contributed by atoms with Crippen molar-refractivity contribution in [1.82, 2.24) is 0 Å². The summed E-state index contributed by atoms with van der Waals surface area (Å²) in [5.41, 5.74) is 3.02. The summed E-state index contributed by atoms with van der Waals surface area (Å²) in [5.74, 6) is 0.692. The molecule has 0 aromatic heterocycles. The van der Waals surface area contributed by atoms with Crippen LogP contribution in [0.4, 0.5) is 0 Å². The van der Waals surface area contributed by atoms with Gasteiger partial charge in [0.05, 0.1) is 6.10 Å². The molecule has 0 heterocycles. The zero-order valence-electron chi connectivity index (χ0n) is 21.9. The lowest BCUT2D eigenvalue weighted by molar-refractivity contribution is 0.0202. The first-order chi connectivity index (χ1) is 16.2. The minimum absolute atomic E-state index is 0.394. The fourth-order valence-corrected chi connectivity index (χ4v) is 7.57. The normalized spacial score (nSPS) is 19.2. The molecule has 4 nitrogen and oxygen atoms in total. The Morgan fingerprint density at radius 1 is 0.727 bits per heavy atom. The molecule has 0 unspecified atom stereocenters. The molecule has 0 spiro atoms. The highest BCUT2D eigenvalue weighted by molar-refractivity contribution is 6.60. The molecule has 33 heavy (non-hydrogen) atoms. The van der Waals surface area contributed by atoms with Crippen LogP contribution in [0.15, 0.2) is 24.3 Å². The van der Waals surface area contributed by atoms with E-state index in [1.807, 2.05) is 20.8 Å². The third-order valence-electron chi connectivity index (χ3n) is 6.77. The Balaban J connectivity index is 1.67. The maximum atomic E-state index is 6.24. The van der Waals surface area contributed by atoms with Gasteiger partial charge in [-0.2, -0.15) is 0 Å². The van der Waals surface area contributed by atoms with Crippen LogP contribution in [-0.2, 0) is 24.4 Å². The smallest absolute Gasteiger partial charge is 0.378 e. The van der Waals surface area contributed by atoms with Crippen molar-refractivity contribution in [2.75, 3.05) is 26.4 Å². The Labute approximate surface area is 205 Å². The van der Waals surface area contributed by atoms with Crippen molar-refractivity contribution in [3.8, 4) is 0 Å². The van der Waals surface area contributed by atoms with Crippen molar-refractivity contribution in [2.45, 2.75) is 116 Å². The second-order valence-corrected chi connectivity index (χ2v) is 12.1. The molecule has 5 heteroatoms. The summed E-state index contributed by atoms with van der Waals surface area (Å²) in [4.78, 5) is 0. The number of unbranched alkanes of at least 4 members (excludes halogenated alkanes) is 4. The van der Waals surface area contributed by atoms with Gasteiger partial charge >= 0.3 is 8.80 Å². The van der Waals surface area contributed by atoms with Crippen LogP contribution in [-0.4, -0.2) is 41.3 Å². The van der Waals surface area contributed by atoms with E-state index in [4.69, 9.17) is 18.0 Å². The van der Waals surface area contributed by atoms with Crippen LogP contribution in [0.25, 0.3) is 0 Å². The monoisotopic (exact) mass is 478 g/mol. The predicted octanol–water partition coefficient (Wildman–Crippen LogP) is 7.68. The van der Waals surface area contributed by atoms with Gasteiger partial charge in [0.25, 0.3) is 0 Å². The second-order valence-electron chi connectivity index (χ2n) is 9.34. The van der Waals surface area contributed by atoms with Crippen LogP contribution in [0.2, 0.25) is 6.04 Å². The number of rotatable bonds is 18. The highest BCUT2D eigenvalue weighted by atomic mass is 28.4. The Bertz CT molecular complexity index is 581. The van der Waals surface area contributed by atoms with E-state index in [2.05, 4.69) is 31.2 Å². The van der Waals surface area contributed by atoms with Gasteiger partial charge in [0.2, 0.25) is 0 Å². The number of ether oxygens (including phenoxy) is 1. The summed E-state index contributed by atoms with van der Waals surface area (Å²) in [7, 11) is -2.54. The fourth-order valence-electron chi connectivity index (χ4n) is 4.99. The molecule has 1 fully saturated rings. The van der Waals surface area contributed by atoms with Crippen molar-refractivity contribution < 1.29 is 18.0 Å². The van der Waals surface area contributed by atoms with Gasteiger partial charge in [0.15, 0.2) is 0 Å². The molecule has 190 valence electrons. The summed E-state index contributed by atoms with van der Waals surface area (Å²) >= 11 is 0. The van der Waals surface area contributed by atoms with E-state index >= 15 is 0 Å². The van der Waals surface area contributed by atoms with Crippen molar-refractivity contribution >= 4 is 8.80 Å². The lowest BCUT2D eigenvalue weighted by Gasteiger charge is -2.30. The molecule has 0 radical (unpaired) electrons. The zero-order chi connectivity index (χ0) is 23.8. The number of benzene rings is 1. The topological polar surface area (TPSA) is 36.9 Å². The van der Waals surface area contributed by atoms with Gasteiger partial charge in [-0.1, -0.05) is 56.9 Å². The summed E-state index contributed by atoms with van der Waals surface area (Å²) in [6.45, 7) is 11.0. The van der Waals surface area contributed by atoms with Gasteiger partial charge in [-0.05, 0) is 82.8 Å². The third kappa shape index (κ3) is 10.6.